The zero-order valence-electron chi connectivity index (χ0n) is 9.96. The normalized spacial score (nSPS) is 15.4. The summed E-state index contributed by atoms with van der Waals surface area (Å²) in [6.07, 6.45) is -10.5. The highest BCUT2D eigenvalue weighted by Gasteiger charge is 2.39. The van der Waals surface area contributed by atoms with Crippen LogP contribution in [0.5, 0.6) is 0 Å². The zero-order chi connectivity index (χ0) is 13.7. The van der Waals surface area contributed by atoms with Crippen LogP contribution in [0.3, 0.4) is 0 Å². The largest absolute Gasteiger partial charge is 0.391 e. The van der Waals surface area contributed by atoms with E-state index in [4.69, 9.17) is 0 Å². The number of hydrogen-bond donors (Lipinski definition) is 0. The first-order valence-electron chi connectivity index (χ1n) is 5.66. The van der Waals surface area contributed by atoms with Gasteiger partial charge in [-0.25, -0.2) is 0 Å². The van der Waals surface area contributed by atoms with Crippen molar-refractivity contribution >= 4 is 0 Å². The molecule has 0 aromatic heterocycles. The Labute approximate surface area is 97.4 Å². The second-order valence-corrected chi connectivity index (χ2v) is 4.72. The Kier molecular flexibility index (Phi) is 6.34. The summed E-state index contributed by atoms with van der Waals surface area (Å²) in [4.78, 5) is 0. The lowest BCUT2D eigenvalue weighted by atomic mass is 9.92. The molecule has 0 nitrogen and oxygen atoms in total. The van der Waals surface area contributed by atoms with Crippen LogP contribution in [0.25, 0.3) is 0 Å². The van der Waals surface area contributed by atoms with E-state index in [1.165, 1.54) is 0 Å². The van der Waals surface area contributed by atoms with Gasteiger partial charge in [0.1, 0.15) is 0 Å². The van der Waals surface area contributed by atoms with Crippen molar-refractivity contribution < 1.29 is 26.3 Å². The standard InChI is InChI=1S/C11H18F6/c1-8(2)5-6-9(11(15,16)17)4-3-7-10(12,13)14/h8-9H,3-7H2,1-2H3. The Balaban J connectivity index is 4.13. The topological polar surface area (TPSA) is 0 Å². The summed E-state index contributed by atoms with van der Waals surface area (Å²) in [7, 11) is 0. The first-order valence-corrected chi connectivity index (χ1v) is 5.66. The third-order valence-corrected chi connectivity index (χ3v) is 2.57. The van der Waals surface area contributed by atoms with E-state index in [0.29, 0.717) is 6.42 Å². The van der Waals surface area contributed by atoms with Crippen molar-refractivity contribution in [2.45, 2.75) is 58.3 Å². The molecule has 0 heterocycles. The summed E-state index contributed by atoms with van der Waals surface area (Å²) in [5.74, 6) is -1.48. The van der Waals surface area contributed by atoms with Gasteiger partial charge in [0.2, 0.25) is 0 Å². The molecule has 0 rings (SSSR count). The predicted octanol–water partition coefficient (Wildman–Crippen LogP) is 5.33. The maximum absolute atomic E-state index is 12.5. The lowest BCUT2D eigenvalue weighted by Gasteiger charge is -2.21. The highest BCUT2D eigenvalue weighted by molar-refractivity contribution is 4.69. The van der Waals surface area contributed by atoms with Crippen LogP contribution in [-0.2, 0) is 0 Å². The fourth-order valence-electron chi connectivity index (χ4n) is 1.56. The molecular formula is C11H18F6. The van der Waals surface area contributed by atoms with Crippen LogP contribution in [0.4, 0.5) is 26.3 Å². The van der Waals surface area contributed by atoms with E-state index >= 15 is 0 Å². The lowest BCUT2D eigenvalue weighted by molar-refractivity contribution is -0.182. The highest BCUT2D eigenvalue weighted by Crippen LogP contribution is 2.35. The summed E-state index contributed by atoms with van der Waals surface area (Å²) < 4.78 is 73.0. The molecule has 0 spiro atoms. The fourth-order valence-corrected chi connectivity index (χ4v) is 1.56. The van der Waals surface area contributed by atoms with Gasteiger partial charge in [0.25, 0.3) is 0 Å². The zero-order valence-corrected chi connectivity index (χ0v) is 9.96. The number of hydrogen-bond acceptors (Lipinski definition) is 0. The van der Waals surface area contributed by atoms with Crippen molar-refractivity contribution in [1.29, 1.82) is 0 Å². The first kappa shape index (κ1) is 16.6. The number of rotatable bonds is 6. The van der Waals surface area contributed by atoms with E-state index in [9.17, 15) is 26.3 Å². The summed E-state index contributed by atoms with van der Waals surface area (Å²) in [5, 5.41) is 0. The Morgan fingerprint density at radius 3 is 1.71 bits per heavy atom. The summed E-state index contributed by atoms with van der Waals surface area (Å²) in [5.41, 5.74) is 0. The van der Waals surface area contributed by atoms with E-state index in [2.05, 4.69) is 0 Å². The van der Waals surface area contributed by atoms with Crippen molar-refractivity contribution in [1.82, 2.24) is 0 Å². The van der Waals surface area contributed by atoms with Crippen molar-refractivity contribution in [2.24, 2.45) is 11.8 Å². The predicted molar refractivity (Wildman–Crippen MR) is 53.5 cm³/mol. The van der Waals surface area contributed by atoms with Crippen molar-refractivity contribution in [2.75, 3.05) is 0 Å². The fraction of sp³-hybridized carbons (Fsp3) is 1.00. The number of alkyl halides is 6. The van der Waals surface area contributed by atoms with E-state index in [1.807, 2.05) is 0 Å². The van der Waals surface area contributed by atoms with Crippen LogP contribution < -0.4 is 0 Å². The van der Waals surface area contributed by atoms with Crippen LogP contribution in [-0.4, -0.2) is 12.4 Å². The Morgan fingerprint density at radius 1 is 0.824 bits per heavy atom. The molecule has 0 aliphatic rings. The average Bonchev–Trinajstić information content (AvgIpc) is 2.06. The molecule has 17 heavy (non-hydrogen) atoms. The quantitative estimate of drug-likeness (QED) is 0.568. The maximum atomic E-state index is 12.5. The Bertz CT molecular complexity index is 203. The van der Waals surface area contributed by atoms with E-state index in [1.54, 1.807) is 13.8 Å². The van der Waals surface area contributed by atoms with Crippen LogP contribution >= 0.6 is 0 Å². The van der Waals surface area contributed by atoms with Crippen LogP contribution in [0.15, 0.2) is 0 Å². The van der Waals surface area contributed by atoms with Gasteiger partial charge in [-0.15, -0.1) is 0 Å². The van der Waals surface area contributed by atoms with Gasteiger partial charge in [-0.3, -0.25) is 0 Å². The lowest BCUT2D eigenvalue weighted by Crippen LogP contribution is -2.24. The molecule has 1 unspecified atom stereocenters. The molecule has 1 atom stereocenters. The van der Waals surface area contributed by atoms with Gasteiger partial charge >= 0.3 is 12.4 Å². The maximum Gasteiger partial charge on any atom is 0.391 e. The van der Waals surface area contributed by atoms with Crippen molar-refractivity contribution in [3.05, 3.63) is 0 Å². The number of halogens is 6. The highest BCUT2D eigenvalue weighted by atomic mass is 19.4. The monoisotopic (exact) mass is 264 g/mol. The second-order valence-electron chi connectivity index (χ2n) is 4.72. The molecular weight excluding hydrogens is 246 g/mol. The smallest absolute Gasteiger partial charge is 0.171 e. The van der Waals surface area contributed by atoms with Gasteiger partial charge in [-0.1, -0.05) is 20.3 Å². The van der Waals surface area contributed by atoms with Crippen molar-refractivity contribution in [3.63, 3.8) is 0 Å². The third-order valence-electron chi connectivity index (χ3n) is 2.57. The molecule has 0 bridgehead atoms. The van der Waals surface area contributed by atoms with Crippen molar-refractivity contribution in [3.8, 4) is 0 Å². The molecule has 0 fully saturated rings. The molecule has 0 amide bonds. The Hall–Kier alpha value is -0.420. The molecule has 0 aliphatic heterocycles. The molecule has 0 aliphatic carbocycles. The Morgan fingerprint density at radius 2 is 1.35 bits per heavy atom. The molecule has 0 aromatic carbocycles. The second kappa shape index (κ2) is 6.50. The van der Waals surface area contributed by atoms with Gasteiger partial charge in [0.05, 0.1) is 5.92 Å². The minimum atomic E-state index is -4.39. The summed E-state index contributed by atoms with van der Waals surface area (Å²) in [6.45, 7) is 3.59. The summed E-state index contributed by atoms with van der Waals surface area (Å²) >= 11 is 0. The summed E-state index contributed by atoms with van der Waals surface area (Å²) in [6, 6.07) is 0. The molecule has 0 aromatic rings. The SMILES string of the molecule is CC(C)CCC(CCCC(F)(F)F)C(F)(F)F. The third kappa shape index (κ3) is 9.30. The minimum absolute atomic E-state index is 0.0843. The van der Waals surface area contributed by atoms with Gasteiger partial charge in [0, 0.05) is 6.42 Å². The van der Waals surface area contributed by atoms with E-state index in [-0.39, 0.29) is 12.3 Å². The van der Waals surface area contributed by atoms with E-state index in [0.717, 1.165) is 0 Å². The molecule has 6 heteroatoms. The van der Waals surface area contributed by atoms with Gasteiger partial charge in [-0.2, -0.15) is 26.3 Å². The minimum Gasteiger partial charge on any atom is -0.171 e. The molecule has 0 saturated heterocycles. The van der Waals surface area contributed by atoms with Crippen LogP contribution in [0.2, 0.25) is 0 Å². The van der Waals surface area contributed by atoms with Crippen LogP contribution in [0.1, 0.15) is 46.0 Å². The van der Waals surface area contributed by atoms with Crippen LogP contribution in [0, 0.1) is 11.8 Å². The molecule has 0 saturated carbocycles. The molecule has 104 valence electrons. The first-order chi connectivity index (χ1) is 7.52. The molecule has 0 radical (unpaired) electrons. The van der Waals surface area contributed by atoms with E-state index < -0.39 is 37.5 Å². The van der Waals surface area contributed by atoms with Gasteiger partial charge < -0.3 is 0 Å². The van der Waals surface area contributed by atoms with Gasteiger partial charge in [0.15, 0.2) is 0 Å². The average molecular weight is 264 g/mol. The molecule has 0 N–H and O–H groups in total. The van der Waals surface area contributed by atoms with Gasteiger partial charge in [-0.05, 0) is 25.2 Å².